The fourth-order valence-corrected chi connectivity index (χ4v) is 1.70. The molecule has 0 heterocycles. The Labute approximate surface area is 117 Å². The molecular formula is C10H10ClN3O6. The molecule has 10 heteroatoms. The summed E-state index contributed by atoms with van der Waals surface area (Å²) in [5.41, 5.74) is -1.77. The number of hydrogen-bond donors (Lipinski definition) is 3. The molecule has 0 unspecified atom stereocenters. The van der Waals surface area contributed by atoms with E-state index in [-0.39, 0.29) is 0 Å². The average Bonchev–Trinajstić information content (AvgIpc) is 2.39. The minimum absolute atomic E-state index is 0.465. The SMILES string of the molecule is CNC(=O)N(C)C(=O)c1c(Cl)cc(O)c(O)c1[N+](=O)[O-]. The first kappa shape index (κ1) is 15.5. The number of rotatable bonds is 2. The van der Waals surface area contributed by atoms with E-state index in [2.05, 4.69) is 5.32 Å². The molecule has 0 saturated carbocycles. The first-order chi connectivity index (χ1) is 9.22. The van der Waals surface area contributed by atoms with Crippen molar-refractivity contribution in [3.05, 3.63) is 26.8 Å². The van der Waals surface area contributed by atoms with Crippen LogP contribution in [0.1, 0.15) is 10.4 Å². The smallest absolute Gasteiger partial charge is 0.328 e. The van der Waals surface area contributed by atoms with Crippen LogP contribution in [0, 0.1) is 10.1 Å². The van der Waals surface area contributed by atoms with Crippen molar-refractivity contribution >= 4 is 29.2 Å². The third kappa shape index (κ3) is 2.57. The minimum Gasteiger partial charge on any atom is -0.504 e. The number of imide groups is 1. The number of phenols is 2. The van der Waals surface area contributed by atoms with Crippen molar-refractivity contribution in [1.82, 2.24) is 10.2 Å². The Morgan fingerprint density at radius 2 is 2.00 bits per heavy atom. The molecule has 1 rings (SSSR count). The number of carbonyl (C=O) groups excluding carboxylic acids is 2. The molecule has 0 aliphatic carbocycles. The highest BCUT2D eigenvalue weighted by molar-refractivity contribution is 6.35. The lowest BCUT2D eigenvalue weighted by atomic mass is 10.1. The van der Waals surface area contributed by atoms with E-state index in [1.807, 2.05) is 0 Å². The summed E-state index contributed by atoms with van der Waals surface area (Å²) in [5, 5.41) is 31.4. The number of benzene rings is 1. The van der Waals surface area contributed by atoms with E-state index >= 15 is 0 Å². The number of nitrogens with zero attached hydrogens (tertiary/aromatic N) is 2. The summed E-state index contributed by atoms with van der Waals surface area (Å²) >= 11 is 5.68. The van der Waals surface area contributed by atoms with Crippen LogP contribution < -0.4 is 5.32 Å². The zero-order chi connectivity index (χ0) is 15.6. The predicted molar refractivity (Wildman–Crippen MR) is 68.0 cm³/mol. The Kier molecular flexibility index (Phi) is 4.35. The molecule has 0 radical (unpaired) electrons. The van der Waals surface area contributed by atoms with Gasteiger partial charge in [-0.05, 0) is 0 Å². The average molecular weight is 304 g/mol. The van der Waals surface area contributed by atoms with Crippen molar-refractivity contribution in [3.63, 3.8) is 0 Å². The third-order valence-corrected chi connectivity index (χ3v) is 2.72. The van der Waals surface area contributed by atoms with Crippen LogP contribution in [-0.4, -0.2) is 46.1 Å². The number of hydrogen-bond acceptors (Lipinski definition) is 6. The molecule has 20 heavy (non-hydrogen) atoms. The molecule has 1 aromatic carbocycles. The summed E-state index contributed by atoms with van der Waals surface area (Å²) in [6.45, 7) is 0. The molecule has 3 amide bonds. The highest BCUT2D eigenvalue weighted by atomic mass is 35.5. The molecule has 3 N–H and O–H groups in total. The van der Waals surface area contributed by atoms with Crippen LogP contribution in [0.3, 0.4) is 0 Å². The quantitative estimate of drug-likeness (QED) is 0.425. The van der Waals surface area contributed by atoms with Gasteiger partial charge in [-0.1, -0.05) is 11.6 Å². The molecule has 0 spiro atoms. The molecule has 0 saturated heterocycles. The molecule has 0 aromatic heterocycles. The lowest BCUT2D eigenvalue weighted by Crippen LogP contribution is -2.39. The second-order valence-electron chi connectivity index (χ2n) is 3.63. The van der Waals surface area contributed by atoms with Gasteiger partial charge in [-0.2, -0.15) is 0 Å². The Hall–Kier alpha value is -2.55. The maximum atomic E-state index is 12.0. The second-order valence-corrected chi connectivity index (χ2v) is 4.03. The van der Waals surface area contributed by atoms with Crippen molar-refractivity contribution in [3.8, 4) is 11.5 Å². The number of urea groups is 1. The van der Waals surface area contributed by atoms with Crippen LogP contribution in [-0.2, 0) is 0 Å². The number of halogens is 1. The number of carbonyl (C=O) groups is 2. The maximum Gasteiger partial charge on any atom is 0.328 e. The molecule has 0 atom stereocenters. The van der Waals surface area contributed by atoms with Crippen LogP contribution in [0.15, 0.2) is 6.07 Å². The Bertz CT molecular complexity index is 603. The molecule has 0 fully saturated rings. The third-order valence-electron chi connectivity index (χ3n) is 2.43. The van der Waals surface area contributed by atoms with Crippen molar-refractivity contribution in [2.75, 3.05) is 14.1 Å². The Morgan fingerprint density at radius 3 is 2.45 bits per heavy atom. The lowest BCUT2D eigenvalue weighted by Gasteiger charge is -2.16. The van der Waals surface area contributed by atoms with Gasteiger partial charge >= 0.3 is 11.7 Å². The predicted octanol–water partition coefficient (Wildman–Crippen LogP) is 1.07. The van der Waals surface area contributed by atoms with Gasteiger partial charge in [0.1, 0.15) is 5.56 Å². The monoisotopic (exact) mass is 303 g/mol. The van der Waals surface area contributed by atoms with Crippen LogP contribution >= 0.6 is 11.6 Å². The van der Waals surface area contributed by atoms with Crippen LogP contribution in [0.25, 0.3) is 0 Å². The van der Waals surface area contributed by atoms with Gasteiger partial charge in [0.2, 0.25) is 5.75 Å². The van der Waals surface area contributed by atoms with E-state index in [0.717, 1.165) is 13.1 Å². The zero-order valence-corrected chi connectivity index (χ0v) is 11.1. The largest absolute Gasteiger partial charge is 0.504 e. The summed E-state index contributed by atoms with van der Waals surface area (Å²) in [6.07, 6.45) is 0. The summed E-state index contributed by atoms with van der Waals surface area (Å²) in [4.78, 5) is 33.8. The number of nitro groups is 1. The van der Waals surface area contributed by atoms with Gasteiger partial charge in [-0.25, -0.2) is 4.79 Å². The van der Waals surface area contributed by atoms with Gasteiger partial charge in [0.25, 0.3) is 5.91 Å². The molecular weight excluding hydrogens is 294 g/mol. The van der Waals surface area contributed by atoms with Gasteiger partial charge in [-0.3, -0.25) is 19.8 Å². The summed E-state index contributed by atoms with van der Waals surface area (Å²) in [6, 6.07) is -0.0534. The summed E-state index contributed by atoms with van der Waals surface area (Å²) in [5.74, 6) is -3.05. The Balaban J connectivity index is 3.52. The first-order valence-electron chi connectivity index (χ1n) is 5.10. The van der Waals surface area contributed by atoms with Crippen molar-refractivity contribution in [1.29, 1.82) is 0 Å². The highest BCUT2D eigenvalue weighted by Crippen LogP contribution is 2.42. The van der Waals surface area contributed by atoms with Crippen molar-refractivity contribution in [2.24, 2.45) is 0 Å². The zero-order valence-electron chi connectivity index (χ0n) is 10.4. The number of nitrogens with one attached hydrogen (secondary N) is 1. The van der Waals surface area contributed by atoms with Gasteiger partial charge in [0, 0.05) is 20.2 Å². The molecule has 108 valence electrons. The van der Waals surface area contributed by atoms with Crippen LogP contribution in [0.5, 0.6) is 11.5 Å². The maximum absolute atomic E-state index is 12.0. The first-order valence-corrected chi connectivity index (χ1v) is 5.48. The van der Waals surface area contributed by atoms with E-state index in [9.17, 15) is 29.9 Å². The van der Waals surface area contributed by atoms with Crippen LogP contribution in [0.4, 0.5) is 10.5 Å². The Morgan fingerprint density at radius 1 is 1.45 bits per heavy atom. The van der Waals surface area contributed by atoms with E-state index in [0.29, 0.717) is 4.90 Å². The second kappa shape index (κ2) is 5.61. The van der Waals surface area contributed by atoms with Crippen molar-refractivity contribution in [2.45, 2.75) is 0 Å². The number of aromatic hydroxyl groups is 2. The van der Waals surface area contributed by atoms with Gasteiger partial charge < -0.3 is 15.5 Å². The molecule has 0 bridgehead atoms. The van der Waals surface area contributed by atoms with E-state index in [4.69, 9.17) is 11.6 Å². The normalized spacial score (nSPS) is 9.95. The summed E-state index contributed by atoms with van der Waals surface area (Å²) < 4.78 is 0. The molecule has 0 aliphatic heterocycles. The van der Waals surface area contributed by atoms with E-state index in [1.165, 1.54) is 7.05 Å². The minimum atomic E-state index is -1.10. The number of phenolic OH excluding ortho intramolecular Hbond substituents is 2. The van der Waals surface area contributed by atoms with Gasteiger partial charge in [0.05, 0.1) is 9.95 Å². The van der Waals surface area contributed by atoms with Crippen LogP contribution in [0.2, 0.25) is 5.02 Å². The lowest BCUT2D eigenvalue weighted by molar-refractivity contribution is -0.386. The molecule has 9 nitrogen and oxygen atoms in total. The molecule has 1 aromatic rings. The fourth-order valence-electron chi connectivity index (χ4n) is 1.42. The molecule has 0 aliphatic rings. The highest BCUT2D eigenvalue weighted by Gasteiger charge is 2.33. The fraction of sp³-hybridized carbons (Fsp3) is 0.200. The number of amides is 3. The van der Waals surface area contributed by atoms with Gasteiger partial charge in [-0.15, -0.1) is 0 Å². The summed E-state index contributed by atoms with van der Waals surface area (Å²) in [7, 11) is 2.33. The standard InChI is InChI=1S/C10H10ClN3O6/c1-12-10(18)13(2)9(17)6-4(11)3-5(15)8(16)7(6)14(19)20/h3,15-16H,1-2H3,(H,12,18). The van der Waals surface area contributed by atoms with E-state index < -0.39 is 44.6 Å². The van der Waals surface area contributed by atoms with E-state index in [1.54, 1.807) is 0 Å². The van der Waals surface area contributed by atoms with Gasteiger partial charge in [0.15, 0.2) is 5.75 Å². The number of nitro benzene ring substituents is 1. The van der Waals surface area contributed by atoms with Crippen molar-refractivity contribution < 1.29 is 24.7 Å². The topological polar surface area (TPSA) is 133 Å².